The van der Waals surface area contributed by atoms with E-state index in [4.69, 9.17) is 15.2 Å². The van der Waals surface area contributed by atoms with Crippen LogP contribution in [0.15, 0.2) is 59.2 Å². The molecule has 1 aliphatic heterocycles. The third-order valence-corrected chi connectivity index (χ3v) is 5.60. The second-order valence-corrected chi connectivity index (χ2v) is 8.49. The number of aliphatic carboxylic acids is 2. The molecule has 10 nitrogen and oxygen atoms in total. The summed E-state index contributed by atoms with van der Waals surface area (Å²) in [5.41, 5.74) is 2.50. The highest BCUT2D eigenvalue weighted by Gasteiger charge is 2.22. The summed E-state index contributed by atoms with van der Waals surface area (Å²) >= 11 is 3.51. The van der Waals surface area contributed by atoms with Crippen LogP contribution < -0.4 is 0 Å². The molecular formula is C23H24BrN5O5. The Bertz CT molecular complexity index is 1200. The number of rotatable bonds is 5. The minimum Gasteiger partial charge on any atom is -0.478 e. The van der Waals surface area contributed by atoms with Crippen molar-refractivity contribution in [1.29, 1.82) is 0 Å². The smallest absolute Gasteiger partial charge is 0.328 e. The van der Waals surface area contributed by atoms with E-state index in [1.54, 1.807) is 6.20 Å². The summed E-state index contributed by atoms with van der Waals surface area (Å²) in [5.74, 6) is -1.64. The number of carboxylic acid groups (broad SMARTS) is 2. The molecule has 1 aliphatic rings. The number of benzene rings is 1. The van der Waals surface area contributed by atoms with Gasteiger partial charge >= 0.3 is 11.9 Å². The summed E-state index contributed by atoms with van der Waals surface area (Å²) in [5, 5.41) is 15.6. The number of carbonyl (C=O) groups is 3. The van der Waals surface area contributed by atoms with Crippen molar-refractivity contribution >= 4 is 44.9 Å². The predicted molar refractivity (Wildman–Crippen MR) is 129 cm³/mol. The van der Waals surface area contributed by atoms with Crippen LogP contribution >= 0.6 is 15.9 Å². The molecule has 3 heterocycles. The molecule has 1 saturated heterocycles. The Morgan fingerprint density at radius 2 is 1.71 bits per heavy atom. The lowest BCUT2D eigenvalue weighted by atomic mass is 10.2. The Morgan fingerprint density at radius 3 is 2.32 bits per heavy atom. The summed E-state index contributed by atoms with van der Waals surface area (Å²) in [4.78, 5) is 45.4. The first-order valence-electron chi connectivity index (χ1n) is 10.4. The molecule has 3 aromatic rings. The van der Waals surface area contributed by atoms with Crippen molar-refractivity contribution in [2.45, 2.75) is 6.54 Å². The number of pyridine rings is 1. The van der Waals surface area contributed by atoms with Gasteiger partial charge in [0.2, 0.25) is 5.91 Å². The van der Waals surface area contributed by atoms with Crippen LogP contribution in [0.25, 0.3) is 22.6 Å². The zero-order valence-electron chi connectivity index (χ0n) is 18.5. The van der Waals surface area contributed by atoms with E-state index in [0.717, 1.165) is 53.2 Å². The van der Waals surface area contributed by atoms with E-state index in [9.17, 15) is 14.4 Å². The monoisotopic (exact) mass is 529 g/mol. The van der Waals surface area contributed by atoms with Gasteiger partial charge in [-0.25, -0.2) is 19.6 Å². The summed E-state index contributed by atoms with van der Waals surface area (Å²) in [6.45, 7) is 3.60. The van der Waals surface area contributed by atoms with E-state index in [-0.39, 0.29) is 12.5 Å². The first-order chi connectivity index (χ1) is 16.2. The number of halogens is 1. The molecule has 0 atom stereocenters. The maximum Gasteiger partial charge on any atom is 0.328 e. The van der Waals surface area contributed by atoms with Crippen molar-refractivity contribution in [3.8, 4) is 11.4 Å². The molecule has 178 valence electrons. The first-order valence-corrected chi connectivity index (χ1v) is 11.2. The van der Waals surface area contributed by atoms with Gasteiger partial charge in [-0.1, -0.05) is 28.1 Å². The van der Waals surface area contributed by atoms with Crippen LogP contribution in [-0.2, 0) is 20.9 Å². The van der Waals surface area contributed by atoms with Gasteiger partial charge in [0.1, 0.15) is 17.9 Å². The summed E-state index contributed by atoms with van der Waals surface area (Å²) in [6.07, 6.45) is 2.86. The van der Waals surface area contributed by atoms with Crippen LogP contribution in [0.3, 0.4) is 0 Å². The van der Waals surface area contributed by atoms with Gasteiger partial charge in [-0.3, -0.25) is 9.36 Å². The van der Waals surface area contributed by atoms with Gasteiger partial charge in [0, 0.05) is 54.6 Å². The van der Waals surface area contributed by atoms with Crippen molar-refractivity contribution in [3.63, 3.8) is 0 Å². The number of amides is 1. The molecule has 0 radical (unpaired) electrons. The van der Waals surface area contributed by atoms with Gasteiger partial charge in [-0.05, 0) is 31.3 Å². The van der Waals surface area contributed by atoms with Gasteiger partial charge in [0.15, 0.2) is 5.65 Å². The van der Waals surface area contributed by atoms with E-state index < -0.39 is 11.9 Å². The minimum absolute atomic E-state index is 0.110. The normalized spacial score (nSPS) is 14.1. The van der Waals surface area contributed by atoms with Crippen molar-refractivity contribution in [2.24, 2.45) is 0 Å². The number of hydrogen-bond donors (Lipinski definition) is 2. The fraction of sp³-hybridized carbons (Fsp3) is 0.261. The highest BCUT2D eigenvalue weighted by Crippen LogP contribution is 2.26. The van der Waals surface area contributed by atoms with Gasteiger partial charge in [-0.15, -0.1) is 0 Å². The van der Waals surface area contributed by atoms with Crippen molar-refractivity contribution < 1.29 is 24.6 Å². The minimum atomic E-state index is -1.26. The highest BCUT2D eigenvalue weighted by molar-refractivity contribution is 9.10. The molecule has 34 heavy (non-hydrogen) atoms. The number of hydrogen-bond acceptors (Lipinski definition) is 6. The molecular weight excluding hydrogens is 506 g/mol. The molecule has 2 N–H and O–H groups in total. The van der Waals surface area contributed by atoms with E-state index in [1.807, 2.05) is 45.9 Å². The lowest BCUT2D eigenvalue weighted by Gasteiger charge is -2.32. The van der Waals surface area contributed by atoms with E-state index in [0.29, 0.717) is 12.2 Å². The fourth-order valence-corrected chi connectivity index (χ4v) is 3.79. The molecule has 0 saturated carbocycles. The van der Waals surface area contributed by atoms with E-state index in [2.05, 4.69) is 32.9 Å². The summed E-state index contributed by atoms with van der Waals surface area (Å²) in [6, 6.07) is 11.8. The SMILES string of the molecule is CN1CCN(C(=O)Cn2c(-c3cccc(Br)c3)nc3cccnc32)CC1.O=C(O)C=CC(=O)O. The summed E-state index contributed by atoms with van der Waals surface area (Å²) in [7, 11) is 2.08. The number of fused-ring (bicyclic) bond motifs is 1. The Kier molecular flexibility index (Phi) is 8.50. The molecule has 1 amide bonds. The highest BCUT2D eigenvalue weighted by atomic mass is 79.9. The van der Waals surface area contributed by atoms with Crippen LogP contribution in [0.2, 0.25) is 0 Å². The average molecular weight is 530 g/mol. The lowest BCUT2D eigenvalue weighted by molar-refractivity contribution is -0.134. The Labute approximate surface area is 204 Å². The van der Waals surface area contributed by atoms with Crippen LogP contribution in [0.4, 0.5) is 0 Å². The molecule has 0 bridgehead atoms. The number of likely N-dealkylation sites (N-methyl/N-ethyl adjacent to an activating group) is 1. The maximum atomic E-state index is 12.9. The van der Waals surface area contributed by atoms with Gasteiger partial charge < -0.3 is 20.0 Å². The number of nitrogens with zero attached hydrogens (tertiary/aromatic N) is 5. The van der Waals surface area contributed by atoms with Crippen LogP contribution in [0, 0.1) is 0 Å². The molecule has 4 rings (SSSR count). The summed E-state index contributed by atoms with van der Waals surface area (Å²) < 4.78 is 2.91. The molecule has 11 heteroatoms. The van der Waals surface area contributed by atoms with Crippen molar-refractivity contribution in [2.75, 3.05) is 33.2 Å². The maximum absolute atomic E-state index is 12.9. The van der Waals surface area contributed by atoms with Crippen LogP contribution in [0.1, 0.15) is 0 Å². The fourth-order valence-electron chi connectivity index (χ4n) is 3.39. The Balaban J connectivity index is 0.000000350. The Hall–Kier alpha value is -3.57. The number of piperazine rings is 1. The van der Waals surface area contributed by atoms with E-state index >= 15 is 0 Å². The van der Waals surface area contributed by atoms with Gasteiger partial charge in [-0.2, -0.15) is 0 Å². The number of imidazole rings is 1. The molecule has 0 spiro atoms. The van der Waals surface area contributed by atoms with Crippen molar-refractivity contribution in [3.05, 3.63) is 59.2 Å². The lowest BCUT2D eigenvalue weighted by Crippen LogP contribution is -2.48. The number of carboxylic acids is 2. The third-order valence-electron chi connectivity index (χ3n) is 5.10. The molecule has 0 unspecified atom stereocenters. The van der Waals surface area contributed by atoms with Crippen molar-refractivity contribution in [1.82, 2.24) is 24.3 Å². The quantitative estimate of drug-likeness (QED) is 0.481. The molecule has 0 aliphatic carbocycles. The van der Waals surface area contributed by atoms with E-state index in [1.165, 1.54) is 0 Å². The molecule has 2 aromatic heterocycles. The Morgan fingerprint density at radius 1 is 1.03 bits per heavy atom. The largest absolute Gasteiger partial charge is 0.478 e. The average Bonchev–Trinajstić information content (AvgIpc) is 3.17. The van der Waals surface area contributed by atoms with Crippen LogP contribution in [0.5, 0.6) is 0 Å². The zero-order valence-corrected chi connectivity index (χ0v) is 20.1. The number of carbonyl (C=O) groups excluding carboxylic acids is 1. The third kappa shape index (κ3) is 6.72. The standard InChI is InChI=1S/C19H20BrN5O.C4H4O4/c1-23-8-10-24(11-9-23)17(26)13-25-18(14-4-2-5-15(20)12-14)22-16-6-3-7-21-19(16)25;5-3(6)1-2-4(7)8/h2-7,12H,8-11,13H2,1H3;1-2H,(H,5,6)(H,7,8). The second-order valence-electron chi connectivity index (χ2n) is 7.57. The molecule has 1 aromatic carbocycles. The number of aromatic nitrogens is 3. The zero-order chi connectivity index (χ0) is 24.7. The topological polar surface area (TPSA) is 129 Å². The van der Waals surface area contributed by atoms with Gasteiger partial charge in [0.05, 0.1) is 0 Å². The molecule has 1 fully saturated rings. The predicted octanol–water partition coefficient (Wildman–Crippen LogP) is 2.35. The van der Waals surface area contributed by atoms with Crippen LogP contribution in [-0.4, -0.2) is 85.6 Å². The second kappa shape index (κ2) is 11.5. The van der Waals surface area contributed by atoms with Gasteiger partial charge in [0.25, 0.3) is 0 Å². The first kappa shape index (κ1) is 25.1.